The van der Waals surface area contributed by atoms with Gasteiger partial charge < -0.3 is 9.47 Å². The number of methoxy groups -OCH3 is 2. The third-order valence-electron chi connectivity index (χ3n) is 2.22. The van der Waals surface area contributed by atoms with Gasteiger partial charge in [0.1, 0.15) is 5.82 Å². The molecule has 19 heavy (non-hydrogen) atoms. The lowest BCUT2D eigenvalue weighted by molar-refractivity contribution is 0.181. The van der Waals surface area contributed by atoms with Gasteiger partial charge in [0.05, 0.1) is 18.9 Å². The fraction of sp³-hybridized carbons (Fsp3) is 0.267. The number of halogens is 1. The summed E-state index contributed by atoms with van der Waals surface area (Å²) in [5.41, 5.74) is 1.84. The summed E-state index contributed by atoms with van der Waals surface area (Å²) in [5, 5.41) is 0. The van der Waals surface area contributed by atoms with Gasteiger partial charge in [-0.2, -0.15) is 0 Å². The molecule has 1 heterocycles. The zero-order valence-electron chi connectivity index (χ0n) is 11.2. The van der Waals surface area contributed by atoms with Crippen LogP contribution in [0.15, 0.2) is 48.7 Å². The number of nitrogens with zero attached hydrogens (tertiary/aromatic N) is 1. The first-order valence-electron chi connectivity index (χ1n) is 5.88. The van der Waals surface area contributed by atoms with Gasteiger partial charge in [0.2, 0.25) is 0 Å². The average Bonchev–Trinajstić information content (AvgIpc) is 2.41. The minimum atomic E-state index is -0.213. The molecule has 0 aliphatic rings. The van der Waals surface area contributed by atoms with Crippen molar-refractivity contribution in [3.63, 3.8) is 0 Å². The lowest BCUT2D eigenvalue weighted by Crippen LogP contribution is -1.88. The molecule has 1 aromatic heterocycles. The van der Waals surface area contributed by atoms with Crippen LogP contribution in [0.25, 0.3) is 0 Å². The van der Waals surface area contributed by atoms with Crippen LogP contribution in [0.3, 0.4) is 0 Å². The van der Waals surface area contributed by atoms with E-state index in [-0.39, 0.29) is 5.82 Å². The van der Waals surface area contributed by atoms with Gasteiger partial charge >= 0.3 is 0 Å². The van der Waals surface area contributed by atoms with Crippen LogP contribution in [0, 0.1) is 5.82 Å². The Bertz CT molecular complexity index is 463. The number of pyridine rings is 1. The van der Waals surface area contributed by atoms with Crippen molar-refractivity contribution in [1.82, 2.24) is 4.98 Å². The second-order valence-corrected chi connectivity index (χ2v) is 3.82. The molecule has 0 bridgehead atoms. The van der Waals surface area contributed by atoms with E-state index in [1.807, 2.05) is 24.3 Å². The number of hydrogen-bond donors (Lipinski definition) is 0. The Labute approximate surface area is 113 Å². The van der Waals surface area contributed by atoms with Gasteiger partial charge in [-0.05, 0) is 29.8 Å². The zero-order valence-corrected chi connectivity index (χ0v) is 11.2. The maximum absolute atomic E-state index is 12.4. The highest BCUT2D eigenvalue weighted by Crippen LogP contribution is 2.03. The highest BCUT2D eigenvalue weighted by Gasteiger charge is 1.91. The van der Waals surface area contributed by atoms with Crippen LogP contribution in [-0.4, -0.2) is 19.2 Å². The van der Waals surface area contributed by atoms with Crippen molar-refractivity contribution in [2.75, 3.05) is 14.2 Å². The molecule has 0 atom stereocenters. The van der Waals surface area contributed by atoms with Crippen molar-refractivity contribution >= 4 is 0 Å². The van der Waals surface area contributed by atoms with Crippen LogP contribution >= 0.6 is 0 Å². The van der Waals surface area contributed by atoms with Crippen LogP contribution in [0.1, 0.15) is 11.3 Å². The molecule has 3 nitrogen and oxygen atoms in total. The standard InChI is InChI=1S/C8H9FO.C7H9NO/c1-10-6-7-3-2-4-8(9)5-7;1-9-6-7-4-2-3-5-8-7/h2-5H,6H2,1H3;2-5H,6H2,1H3. The Kier molecular flexibility index (Phi) is 7.39. The van der Waals surface area contributed by atoms with Crippen LogP contribution in [0.2, 0.25) is 0 Å². The molecule has 0 amide bonds. The first-order valence-corrected chi connectivity index (χ1v) is 5.88. The number of benzene rings is 1. The first-order chi connectivity index (χ1) is 9.26. The van der Waals surface area contributed by atoms with Gasteiger partial charge in [0.15, 0.2) is 0 Å². The van der Waals surface area contributed by atoms with Gasteiger partial charge in [-0.3, -0.25) is 4.98 Å². The van der Waals surface area contributed by atoms with Crippen molar-refractivity contribution in [3.8, 4) is 0 Å². The SMILES string of the molecule is COCc1cccc(F)c1.COCc1ccccn1. The van der Waals surface area contributed by atoms with E-state index in [4.69, 9.17) is 9.47 Å². The van der Waals surface area contributed by atoms with Gasteiger partial charge in [-0.1, -0.05) is 18.2 Å². The second kappa shape index (κ2) is 9.19. The van der Waals surface area contributed by atoms with Gasteiger partial charge in [-0.25, -0.2) is 4.39 Å². The monoisotopic (exact) mass is 263 g/mol. The van der Waals surface area contributed by atoms with Crippen molar-refractivity contribution in [2.24, 2.45) is 0 Å². The number of hydrogen-bond acceptors (Lipinski definition) is 3. The van der Waals surface area contributed by atoms with E-state index in [1.165, 1.54) is 12.1 Å². The number of aromatic nitrogens is 1. The topological polar surface area (TPSA) is 31.4 Å². The number of rotatable bonds is 4. The van der Waals surface area contributed by atoms with E-state index in [0.29, 0.717) is 13.2 Å². The molecular weight excluding hydrogens is 245 g/mol. The molecule has 0 radical (unpaired) electrons. The molecule has 0 unspecified atom stereocenters. The average molecular weight is 263 g/mol. The molecule has 102 valence electrons. The fourth-order valence-corrected chi connectivity index (χ4v) is 1.42. The summed E-state index contributed by atoms with van der Waals surface area (Å²) in [6.07, 6.45) is 1.76. The first kappa shape index (κ1) is 15.3. The molecule has 0 saturated heterocycles. The lowest BCUT2D eigenvalue weighted by Gasteiger charge is -1.97. The van der Waals surface area contributed by atoms with Gasteiger partial charge in [0, 0.05) is 20.4 Å². The third-order valence-corrected chi connectivity index (χ3v) is 2.22. The Balaban J connectivity index is 0.000000191. The van der Waals surface area contributed by atoms with Crippen LogP contribution in [-0.2, 0) is 22.7 Å². The quantitative estimate of drug-likeness (QED) is 0.849. The fourth-order valence-electron chi connectivity index (χ4n) is 1.42. The smallest absolute Gasteiger partial charge is 0.123 e. The largest absolute Gasteiger partial charge is 0.380 e. The molecule has 0 spiro atoms. The lowest BCUT2D eigenvalue weighted by atomic mass is 10.2. The van der Waals surface area contributed by atoms with E-state index in [0.717, 1.165) is 11.3 Å². The second-order valence-electron chi connectivity index (χ2n) is 3.82. The molecule has 4 heteroatoms. The summed E-state index contributed by atoms with van der Waals surface area (Å²) in [5.74, 6) is -0.213. The summed E-state index contributed by atoms with van der Waals surface area (Å²) >= 11 is 0. The maximum Gasteiger partial charge on any atom is 0.123 e. The molecular formula is C15H18FNO2. The van der Waals surface area contributed by atoms with E-state index in [9.17, 15) is 4.39 Å². The molecule has 2 aromatic rings. The predicted molar refractivity (Wildman–Crippen MR) is 72.1 cm³/mol. The molecule has 0 aliphatic carbocycles. The van der Waals surface area contributed by atoms with Crippen molar-refractivity contribution in [3.05, 3.63) is 65.7 Å². The van der Waals surface area contributed by atoms with Crippen molar-refractivity contribution in [1.29, 1.82) is 0 Å². The van der Waals surface area contributed by atoms with Crippen molar-refractivity contribution < 1.29 is 13.9 Å². The summed E-state index contributed by atoms with van der Waals surface area (Å²) in [7, 11) is 3.25. The predicted octanol–water partition coefficient (Wildman–Crippen LogP) is 3.20. The van der Waals surface area contributed by atoms with Crippen LogP contribution in [0.5, 0.6) is 0 Å². The molecule has 1 aromatic carbocycles. The molecule has 0 N–H and O–H groups in total. The highest BCUT2D eigenvalue weighted by molar-refractivity contribution is 5.15. The molecule has 2 rings (SSSR count). The van der Waals surface area contributed by atoms with E-state index in [1.54, 1.807) is 26.5 Å². The molecule has 0 saturated carbocycles. The Morgan fingerprint density at radius 3 is 2.37 bits per heavy atom. The Morgan fingerprint density at radius 2 is 1.79 bits per heavy atom. The van der Waals surface area contributed by atoms with Crippen LogP contribution in [0.4, 0.5) is 4.39 Å². The normalized spacial score (nSPS) is 9.63. The Hall–Kier alpha value is -1.78. The van der Waals surface area contributed by atoms with Gasteiger partial charge in [-0.15, -0.1) is 0 Å². The minimum absolute atomic E-state index is 0.213. The summed E-state index contributed by atoms with van der Waals surface area (Å²) in [6.45, 7) is 1.07. The van der Waals surface area contributed by atoms with Crippen molar-refractivity contribution in [2.45, 2.75) is 13.2 Å². The van der Waals surface area contributed by atoms with E-state index in [2.05, 4.69) is 4.98 Å². The third kappa shape index (κ3) is 6.64. The summed E-state index contributed by atoms with van der Waals surface area (Å²) in [4.78, 5) is 4.04. The van der Waals surface area contributed by atoms with E-state index < -0.39 is 0 Å². The van der Waals surface area contributed by atoms with Gasteiger partial charge in [0.25, 0.3) is 0 Å². The number of ether oxygens (including phenoxy) is 2. The Morgan fingerprint density at radius 1 is 1.00 bits per heavy atom. The summed E-state index contributed by atoms with van der Waals surface area (Å²) in [6, 6.07) is 12.1. The molecule has 0 fully saturated rings. The van der Waals surface area contributed by atoms with E-state index >= 15 is 0 Å². The minimum Gasteiger partial charge on any atom is -0.380 e. The maximum atomic E-state index is 12.4. The highest BCUT2D eigenvalue weighted by atomic mass is 19.1. The summed E-state index contributed by atoms with van der Waals surface area (Å²) < 4.78 is 22.1. The molecule has 0 aliphatic heterocycles. The van der Waals surface area contributed by atoms with Crippen LogP contribution < -0.4 is 0 Å². The zero-order chi connectivity index (χ0) is 13.9.